The highest BCUT2D eigenvalue weighted by Gasteiger charge is 2.25. The number of amides is 1. The van der Waals surface area contributed by atoms with Crippen molar-refractivity contribution in [1.82, 2.24) is 5.32 Å². The normalized spacial score (nSPS) is 18.2. The lowest BCUT2D eigenvalue weighted by atomic mass is 10.0. The first kappa shape index (κ1) is 15.6. The van der Waals surface area contributed by atoms with E-state index in [1.807, 2.05) is 24.3 Å². The van der Waals surface area contributed by atoms with Crippen LogP contribution in [-0.4, -0.2) is 32.0 Å². The standard InChI is InChI=1S/C19H19NO5/c1-12(25-14-6-7-17-18(8-14)24-11-23-17)19(21)20-9-13-10-22-16-5-3-2-4-15(13)16/h2-8,12-13H,9-11H2,1H3,(H,20,21)/t12-,13+/m1/s1. The van der Waals surface area contributed by atoms with E-state index in [1.165, 1.54) is 0 Å². The minimum Gasteiger partial charge on any atom is -0.493 e. The van der Waals surface area contributed by atoms with Gasteiger partial charge in [-0.05, 0) is 25.1 Å². The molecule has 2 aliphatic rings. The van der Waals surface area contributed by atoms with E-state index in [0.29, 0.717) is 30.4 Å². The maximum Gasteiger partial charge on any atom is 0.260 e. The van der Waals surface area contributed by atoms with Crippen molar-refractivity contribution in [2.75, 3.05) is 19.9 Å². The minimum atomic E-state index is -0.613. The zero-order valence-electron chi connectivity index (χ0n) is 13.9. The summed E-state index contributed by atoms with van der Waals surface area (Å²) in [6, 6.07) is 13.2. The van der Waals surface area contributed by atoms with Gasteiger partial charge in [-0.25, -0.2) is 0 Å². The summed E-state index contributed by atoms with van der Waals surface area (Å²) in [7, 11) is 0. The molecular weight excluding hydrogens is 322 g/mol. The topological polar surface area (TPSA) is 66.0 Å². The van der Waals surface area contributed by atoms with Crippen LogP contribution in [0.25, 0.3) is 0 Å². The molecule has 0 fully saturated rings. The zero-order chi connectivity index (χ0) is 17.2. The lowest BCUT2D eigenvalue weighted by Crippen LogP contribution is -2.38. The van der Waals surface area contributed by atoms with E-state index < -0.39 is 6.10 Å². The van der Waals surface area contributed by atoms with Crippen LogP contribution in [0.1, 0.15) is 18.4 Å². The van der Waals surface area contributed by atoms with Gasteiger partial charge in [-0.2, -0.15) is 0 Å². The first-order chi connectivity index (χ1) is 12.2. The second-order valence-electron chi connectivity index (χ2n) is 6.07. The highest BCUT2D eigenvalue weighted by molar-refractivity contribution is 5.80. The van der Waals surface area contributed by atoms with E-state index >= 15 is 0 Å². The number of para-hydroxylation sites is 1. The number of ether oxygens (including phenoxy) is 4. The number of hydrogen-bond acceptors (Lipinski definition) is 5. The average Bonchev–Trinajstić information content (AvgIpc) is 3.26. The number of hydrogen-bond donors (Lipinski definition) is 1. The molecule has 1 N–H and O–H groups in total. The number of benzene rings is 2. The van der Waals surface area contributed by atoms with Gasteiger partial charge in [0.2, 0.25) is 6.79 Å². The van der Waals surface area contributed by atoms with Gasteiger partial charge in [0.15, 0.2) is 17.6 Å². The molecule has 2 atom stereocenters. The van der Waals surface area contributed by atoms with Crippen LogP contribution in [0.15, 0.2) is 42.5 Å². The van der Waals surface area contributed by atoms with Gasteiger partial charge in [0.25, 0.3) is 5.91 Å². The molecule has 2 aromatic carbocycles. The molecule has 2 heterocycles. The van der Waals surface area contributed by atoms with Crippen molar-refractivity contribution in [3.05, 3.63) is 48.0 Å². The van der Waals surface area contributed by atoms with Crippen molar-refractivity contribution in [1.29, 1.82) is 0 Å². The van der Waals surface area contributed by atoms with E-state index in [4.69, 9.17) is 18.9 Å². The SMILES string of the molecule is C[C@@H](Oc1ccc2c(c1)OCO2)C(=O)NC[C@H]1COc2ccccc21. The summed E-state index contributed by atoms with van der Waals surface area (Å²) in [6.45, 7) is 3.03. The summed E-state index contributed by atoms with van der Waals surface area (Å²) in [5.74, 6) is 2.78. The van der Waals surface area contributed by atoms with E-state index in [-0.39, 0.29) is 18.6 Å². The second kappa shape index (κ2) is 6.55. The number of nitrogens with one attached hydrogen (secondary N) is 1. The lowest BCUT2D eigenvalue weighted by Gasteiger charge is -2.16. The molecule has 0 saturated carbocycles. The number of fused-ring (bicyclic) bond motifs is 2. The predicted molar refractivity (Wildman–Crippen MR) is 90.3 cm³/mol. The quantitative estimate of drug-likeness (QED) is 0.905. The molecular formula is C19H19NO5. The van der Waals surface area contributed by atoms with Crippen LogP contribution in [0.3, 0.4) is 0 Å². The van der Waals surface area contributed by atoms with Gasteiger partial charge in [0.05, 0.1) is 6.61 Å². The van der Waals surface area contributed by atoms with Crippen molar-refractivity contribution in [2.45, 2.75) is 18.9 Å². The van der Waals surface area contributed by atoms with Crippen LogP contribution in [-0.2, 0) is 4.79 Å². The van der Waals surface area contributed by atoms with Crippen LogP contribution < -0.4 is 24.3 Å². The van der Waals surface area contributed by atoms with E-state index in [0.717, 1.165) is 11.3 Å². The molecule has 0 radical (unpaired) electrons. The van der Waals surface area contributed by atoms with Gasteiger partial charge in [-0.15, -0.1) is 0 Å². The van der Waals surface area contributed by atoms with Gasteiger partial charge in [0, 0.05) is 24.1 Å². The summed E-state index contributed by atoms with van der Waals surface area (Å²) in [6.07, 6.45) is -0.613. The maximum atomic E-state index is 12.3. The summed E-state index contributed by atoms with van der Waals surface area (Å²) in [5.41, 5.74) is 1.13. The maximum absolute atomic E-state index is 12.3. The number of carbonyl (C=O) groups excluding carboxylic acids is 1. The molecule has 1 amide bonds. The summed E-state index contributed by atoms with van der Waals surface area (Å²) in [5, 5.41) is 2.94. The van der Waals surface area contributed by atoms with Crippen LogP contribution in [0.5, 0.6) is 23.0 Å². The van der Waals surface area contributed by atoms with E-state index in [2.05, 4.69) is 5.32 Å². The zero-order valence-corrected chi connectivity index (χ0v) is 13.9. The van der Waals surface area contributed by atoms with Crippen molar-refractivity contribution >= 4 is 5.91 Å². The summed E-state index contributed by atoms with van der Waals surface area (Å²) >= 11 is 0. The van der Waals surface area contributed by atoms with Crippen LogP contribution in [0.4, 0.5) is 0 Å². The Morgan fingerprint density at radius 3 is 2.92 bits per heavy atom. The molecule has 0 unspecified atom stereocenters. The Balaban J connectivity index is 1.32. The van der Waals surface area contributed by atoms with E-state index in [1.54, 1.807) is 25.1 Å². The molecule has 0 aromatic heterocycles. The number of carbonyl (C=O) groups is 1. The van der Waals surface area contributed by atoms with Crippen LogP contribution in [0, 0.1) is 0 Å². The van der Waals surface area contributed by atoms with Crippen LogP contribution >= 0.6 is 0 Å². The highest BCUT2D eigenvalue weighted by Crippen LogP contribution is 2.35. The largest absolute Gasteiger partial charge is 0.493 e. The predicted octanol–water partition coefficient (Wildman–Crippen LogP) is 2.48. The summed E-state index contributed by atoms with van der Waals surface area (Å²) < 4.78 is 21.9. The lowest BCUT2D eigenvalue weighted by molar-refractivity contribution is -0.127. The molecule has 0 spiro atoms. The third kappa shape index (κ3) is 3.20. The minimum absolute atomic E-state index is 0.165. The van der Waals surface area contributed by atoms with Gasteiger partial charge in [-0.1, -0.05) is 18.2 Å². The molecule has 130 valence electrons. The molecule has 0 saturated heterocycles. The Morgan fingerprint density at radius 1 is 1.16 bits per heavy atom. The van der Waals surface area contributed by atoms with Gasteiger partial charge < -0.3 is 24.3 Å². The van der Waals surface area contributed by atoms with Crippen LogP contribution in [0.2, 0.25) is 0 Å². The molecule has 6 heteroatoms. The van der Waals surface area contributed by atoms with Gasteiger partial charge in [0.1, 0.15) is 11.5 Å². The second-order valence-corrected chi connectivity index (χ2v) is 6.07. The Bertz CT molecular complexity index is 791. The monoisotopic (exact) mass is 341 g/mol. The Morgan fingerprint density at radius 2 is 2.00 bits per heavy atom. The Hall–Kier alpha value is -2.89. The molecule has 6 nitrogen and oxygen atoms in total. The molecule has 0 aliphatic carbocycles. The molecule has 2 aliphatic heterocycles. The van der Waals surface area contributed by atoms with E-state index in [9.17, 15) is 4.79 Å². The highest BCUT2D eigenvalue weighted by atomic mass is 16.7. The summed E-state index contributed by atoms with van der Waals surface area (Å²) in [4.78, 5) is 12.3. The fourth-order valence-corrected chi connectivity index (χ4v) is 2.97. The van der Waals surface area contributed by atoms with Crippen molar-refractivity contribution in [3.63, 3.8) is 0 Å². The molecule has 2 aromatic rings. The van der Waals surface area contributed by atoms with Crippen molar-refractivity contribution < 1.29 is 23.7 Å². The fraction of sp³-hybridized carbons (Fsp3) is 0.316. The molecule has 4 rings (SSSR count). The number of rotatable bonds is 5. The Kier molecular flexibility index (Phi) is 4.09. The van der Waals surface area contributed by atoms with Crippen molar-refractivity contribution in [2.24, 2.45) is 0 Å². The molecule has 0 bridgehead atoms. The van der Waals surface area contributed by atoms with Crippen molar-refractivity contribution in [3.8, 4) is 23.0 Å². The average molecular weight is 341 g/mol. The first-order valence-electron chi connectivity index (χ1n) is 8.26. The smallest absolute Gasteiger partial charge is 0.260 e. The Labute approximate surface area is 145 Å². The van der Waals surface area contributed by atoms with Gasteiger partial charge >= 0.3 is 0 Å². The third-order valence-corrected chi connectivity index (χ3v) is 4.35. The molecule has 25 heavy (non-hydrogen) atoms. The third-order valence-electron chi connectivity index (χ3n) is 4.35. The first-order valence-corrected chi connectivity index (χ1v) is 8.26. The fourth-order valence-electron chi connectivity index (χ4n) is 2.97. The van der Waals surface area contributed by atoms with Gasteiger partial charge in [-0.3, -0.25) is 4.79 Å².